The van der Waals surface area contributed by atoms with E-state index in [-0.39, 0.29) is 5.56 Å². The van der Waals surface area contributed by atoms with Gasteiger partial charge >= 0.3 is 5.97 Å². The Bertz CT molecular complexity index is 602. The van der Waals surface area contributed by atoms with E-state index < -0.39 is 5.97 Å². The number of para-hydroxylation sites is 1. The molecular weight excluding hydrogens is 334 g/mol. The highest BCUT2D eigenvalue weighted by Crippen LogP contribution is 2.18. The van der Waals surface area contributed by atoms with Crippen molar-refractivity contribution in [2.24, 2.45) is 0 Å². The molecule has 110 valence electrons. The van der Waals surface area contributed by atoms with E-state index in [1.54, 1.807) is 18.2 Å². The smallest absolute Gasteiger partial charge is 0.335 e. The number of carboxylic acids is 1. The Morgan fingerprint density at radius 2 is 1.95 bits per heavy atom. The topological polar surface area (TPSA) is 58.6 Å². The molecule has 4 nitrogen and oxygen atoms in total. The molecule has 0 amide bonds. The molecule has 5 heteroatoms. The number of hydrogen-bond acceptors (Lipinski definition) is 3. The van der Waals surface area contributed by atoms with Crippen LogP contribution in [0.25, 0.3) is 0 Å². The van der Waals surface area contributed by atoms with E-state index in [1.165, 1.54) is 0 Å². The Hall–Kier alpha value is -1.85. The molecular formula is C16H16BrNO3. The molecule has 0 aliphatic rings. The van der Waals surface area contributed by atoms with Gasteiger partial charge in [0.2, 0.25) is 0 Å². The number of hydrogen-bond donors (Lipinski definition) is 2. The molecule has 2 rings (SSSR count). The molecule has 21 heavy (non-hydrogen) atoms. The zero-order chi connectivity index (χ0) is 15.1. The van der Waals surface area contributed by atoms with Gasteiger partial charge in [-0.1, -0.05) is 40.2 Å². The number of carbonyl (C=O) groups is 1. The van der Waals surface area contributed by atoms with E-state index in [4.69, 9.17) is 9.84 Å². The minimum absolute atomic E-state index is 0.276. The van der Waals surface area contributed by atoms with Crippen molar-refractivity contribution in [3.63, 3.8) is 0 Å². The minimum atomic E-state index is -0.925. The maximum atomic E-state index is 10.8. The molecule has 0 aliphatic carbocycles. The first kappa shape index (κ1) is 15.5. The van der Waals surface area contributed by atoms with Crippen LogP contribution < -0.4 is 10.1 Å². The van der Waals surface area contributed by atoms with Crippen LogP contribution in [0.3, 0.4) is 0 Å². The lowest BCUT2D eigenvalue weighted by atomic mass is 10.1. The van der Waals surface area contributed by atoms with Crippen molar-refractivity contribution in [2.45, 2.75) is 6.54 Å². The Labute approximate surface area is 131 Å². The van der Waals surface area contributed by atoms with E-state index in [0.717, 1.165) is 15.8 Å². The number of halogens is 1. The number of benzene rings is 2. The van der Waals surface area contributed by atoms with E-state index in [2.05, 4.69) is 21.2 Å². The standard InChI is InChI=1S/C16H16BrNO3/c17-15-10-12(16(19)20)6-7-13(15)11-18-8-9-21-14-4-2-1-3-5-14/h1-7,10,18H,8-9,11H2,(H,19,20). The van der Waals surface area contributed by atoms with Crippen LogP contribution in [0.1, 0.15) is 15.9 Å². The number of carboxylic acid groups (broad SMARTS) is 1. The van der Waals surface area contributed by atoms with Crippen LogP contribution >= 0.6 is 15.9 Å². The van der Waals surface area contributed by atoms with Crippen LogP contribution in [0.15, 0.2) is 53.0 Å². The second kappa shape index (κ2) is 7.81. The van der Waals surface area contributed by atoms with Crippen molar-refractivity contribution in [2.75, 3.05) is 13.2 Å². The summed E-state index contributed by atoms with van der Waals surface area (Å²) in [5, 5.41) is 12.2. The summed E-state index contributed by atoms with van der Waals surface area (Å²) in [6, 6.07) is 14.7. The van der Waals surface area contributed by atoms with Crippen molar-refractivity contribution < 1.29 is 14.6 Å². The summed E-state index contributed by atoms with van der Waals surface area (Å²) in [7, 11) is 0. The fourth-order valence-electron chi connectivity index (χ4n) is 1.80. The Morgan fingerprint density at radius 3 is 2.62 bits per heavy atom. The van der Waals surface area contributed by atoms with Gasteiger partial charge in [-0.15, -0.1) is 0 Å². The van der Waals surface area contributed by atoms with Crippen LogP contribution in [0.5, 0.6) is 5.75 Å². The van der Waals surface area contributed by atoms with Crippen molar-refractivity contribution in [3.05, 3.63) is 64.1 Å². The molecule has 0 aromatic heterocycles. The quantitative estimate of drug-likeness (QED) is 0.753. The molecule has 2 N–H and O–H groups in total. The van der Waals surface area contributed by atoms with Gasteiger partial charge in [0.25, 0.3) is 0 Å². The summed E-state index contributed by atoms with van der Waals surface area (Å²) in [5.74, 6) is -0.0715. The lowest BCUT2D eigenvalue weighted by Gasteiger charge is -2.09. The van der Waals surface area contributed by atoms with Crippen molar-refractivity contribution in [1.82, 2.24) is 5.32 Å². The highest BCUT2D eigenvalue weighted by molar-refractivity contribution is 9.10. The summed E-state index contributed by atoms with van der Waals surface area (Å²) >= 11 is 3.39. The summed E-state index contributed by atoms with van der Waals surface area (Å²) in [6.07, 6.45) is 0. The molecule has 0 heterocycles. The first-order chi connectivity index (χ1) is 10.2. The summed E-state index contributed by atoms with van der Waals surface area (Å²) in [5.41, 5.74) is 1.29. The third kappa shape index (κ3) is 4.88. The van der Waals surface area contributed by atoms with Crippen molar-refractivity contribution in [3.8, 4) is 5.75 Å². The maximum absolute atomic E-state index is 10.8. The predicted molar refractivity (Wildman–Crippen MR) is 84.7 cm³/mol. The fraction of sp³-hybridized carbons (Fsp3) is 0.188. The number of ether oxygens (including phenoxy) is 1. The number of aromatic carboxylic acids is 1. The molecule has 2 aromatic rings. The summed E-state index contributed by atoms with van der Waals surface area (Å²) < 4.78 is 6.36. The molecule has 0 aliphatic heterocycles. The highest BCUT2D eigenvalue weighted by Gasteiger charge is 2.06. The largest absolute Gasteiger partial charge is 0.492 e. The van der Waals surface area contributed by atoms with Gasteiger partial charge in [-0.3, -0.25) is 0 Å². The SMILES string of the molecule is O=C(O)c1ccc(CNCCOc2ccccc2)c(Br)c1. The highest BCUT2D eigenvalue weighted by atomic mass is 79.9. The van der Waals surface area contributed by atoms with Gasteiger partial charge in [0.1, 0.15) is 12.4 Å². The van der Waals surface area contributed by atoms with Gasteiger partial charge in [0.15, 0.2) is 0 Å². The van der Waals surface area contributed by atoms with Crippen LogP contribution in [0, 0.1) is 0 Å². The van der Waals surface area contributed by atoms with Gasteiger partial charge in [0.05, 0.1) is 5.56 Å². The average molecular weight is 350 g/mol. The maximum Gasteiger partial charge on any atom is 0.335 e. The fourth-order valence-corrected chi connectivity index (χ4v) is 2.32. The van der Waals surface area contributed by atoms with Gasteiger partial charge in [-0.05, 0) is 29.8 Å². The molecule has 0 unspecified atom stereocenters. The molecule has 0 fully saturated rings. The Morgan fingerprint density at radius 1 is 1.19 bits per heavy atom. The van der Waals surface area contributed by atoms with E-state index >= 15 is 0 Å². The van der Waals surface area contributed by atoms with Crippen LogP contribution in [-0.2, 0) is 6.54 Å². The van der Waals surface area contributed by atoms with Crippen molar-refractivity contribution in [1.29, 1.82) is 0 Å². The lowest BCUT2D eigenvalue weighted by molar-refractivity contribution is 0.0697. The minimum Gasteiger partial charge on any atom is -0.492 e. The van der Waals surface area contributed by atoms with E-state index in [0.29, 0.717) is 19.7 Å². The predicted octanol–water partition coefficient (Wildman–Crippen LogP) is 3.32. The average Bonchev–Trinajstić information content (AvgIpc) is 2.49. The van der Waals surface area contributed by atoms with Gasteiger partial charge in [-0.2, -0.15) is 0 Å². The molecule has 0 saturated carbocycles. The molecule has 0 atom stereocenters. The molecule has 0 radical (unpaired) electrons. The van der Waals surface area contributed by atoms with Crippen LogP contribution in [0.4, 0.5) is 0 Å². The Balaban J connectivity index is 1.75. The summed E-state index contributed by atoms with van der Waals surface area (Å²) in [4.78, 5) is 10.8. The molecule has 0 spiro atoms. The van der Waals surface area contributed by atoms with Crippen LogP contribution in [0.2, 0.25) is 0 Å². The van der Waals surface area contributed by atoms with Gasteiger partial charge in [0, 0.05) is 17.6 Å². The Kier molecular flexibility index (Phi) is 5.78. The van der Waals surface area contributed by atoms with Crippen molar-refractivity contribution >= 4 is 21.9 Å². The second-order valence-corrected chi connectivity index (χ2v) is 5.30. The molecule has 2 aromatic carbocycles. The summed E-state index contributed by atoms with van der Waals surface area (Å²) in [6.45, 7) is 1.94. The van der Waals surface area contributed by atoms with E-state index in [9.17, 15) is 4.79 Å². The zero-order valence-electron chi connectivity index (χ0n) is 11.4. The molecule has 0 bridgehead atoms. The normalized spacial score (nSPS) is 10.3. The second-order valence-electron chi connectivity index (χ2n) is 4.45. The first-order valence-corrected chi connectivity index (χ1v) is 7.36. The lowest BCUT2D eigenvalue weighted by Crippen LogP contribution is -2.20. The third-order valence-electron chi connectivity index (χ3n) is 2.91. The molecule has 0 saturated heterocycles. The third-order valence-corrected chi connectivity index (χ3v) is 3.64. The zero-order valence-corrected chi connectivity index (χ0v) is 13.0. The first-order valence-electron chi connectivity index (χ1n) is 6.57. The number of nitrogens with one attached hydrogen (secondary N) is 1. The van der Waals surface area contributed by atoms with Crippen LogP contribution in [-0.4, -0.2) is 24.2 Å². The van der Waals surface area contributed by atoms with Gasteiger partial charge < -0.3 is 15.2 Å². The number of rotatable bonds is 7. The van der Waals surface area contributed by atoms with E-state index in [1.807, 2.05) is 30.3 Å². The van der Waals surface area contributed by atoms with Gasteiger partial charge in [-0.25, -0.2) is 4.79 Å². The monoisotopic (exact) mass is 349 g/mol.